The van der Waals surface area contributed by atoms with Gasteiger partial charge in [-0.1, -0.05) is 24.3 Å². The third kappa shape index (κ3) is 2.67. The molecule has 0 aliphatic rings. The van der Waals surface area contributed by atoms with Crippen LogP contribution >= 0.6 is 0 Å². The largest absolute Gasteiger partial charge is 0.453 e. The van der Waals surface area contributed by atoms with Crippen molar-refractivity contribution in [3.8, 4) is 22.7 Å². The summed E-state index contributed by atoms with van der Waals surface area (Å²) in [6.07, 6.45) is 0.658. The summed E-state index contributed by atoms with van der Waals surface area (Å²) >= 11 is 0. The molecule has 0 bridgehead atoms. The van der Waals surface area contributed by atoms with Gasteiger partial charge in [-0.3, -0.25) is 14.9 Å². The summed E-state index contributed by atoms with van der Waals surface area (Å²) in [6.45, 7) is 0. The molecule has 0 spiro atoms. The molecule has 25 heavy (non-hydrogen) atoms. The van der Waals surface area contributed by atoms with E-state index in [1.165, 1.54) is 12.1 Å². The number of hydrogen-bond acceptors (Lipinski definition) is 5. The number of imidazole rings is 1. The molecular weight excluding hydrogens is 322 g/mol. The van der Waals surface area contributed by atoms with Crippen molar-refractivity contribution in [1.82, 2.24) is 9.97 Å². The molecule has 0 saturated heterocycles. The Kier molecular flexibility index (Phi) is 3.39. The van der Waals surface area contributed by atoms with Crippen LogP contribution in [-0.4, -0.2) is 21.2 Å². The van der Waals surface area contributed by atoms with E-state index in [1.807, 2.05) is 24.3 Å². The molecule has 2 heterocycles. The van der Waals surface area contributed by atoms with Gasteiger partial charge in [-0.15, -0.1) is 0 Å². The highest BCUT2D eigenvalue weighted by Crippen LogP contribution is 2.27. The number of H-pyrrole nitrogens is 1. The zero-order chi connectivity index (χ0) is 17.4. The standard InChI is InChI=1S/C18H11N3O4/c22-10-14-6-8-17(25-14)11-1-3-12(4-2-11)18-19-15-7-5-13(21(23)24)9-16(15)20-18/h1-10H,(H,19,20). The number of hydrogen-bond donors (Lipinski definition) is 1. The highest BCUT2D eigenvalue weighted by molar-refractivity contribution is 5.82. The molecule has 0 fully saturated rings. The molecule has 2 aromatic heterocycles. The number of benzene rings is 2. The van der Waals surface area contributed by atoms with Gasteiger partial charge in [-0.05, 0) is 18.2 Å². The number of carbonyl (C=O) groups excluding carboxylic acids is 1. The van der Waals surface area contributed by atoms with Gasteiger partial charge < -0.3 is 9.40 Å². The molecule has 0 unspecified atom stereocenters. The lowest BCUT2D eigenvalue weighted by atomic mass is 10.1. The Morgan fingerprint density at radius 1 is 1.04 bits per heavy atom. The normalized spacial score (nSPS) is 10.9. The number of furan rings is 1. The van der Waals surface area contributed by atoms with Gasteiger partial charge in [0.15, 0.2) is 12.0 Å². The molecule has 0 radical (unpaired) electrons. The number of aldehydes is 1. The van der Waals surface area contributed by atoms with Crippen molar-refractivity contribution in [3.63, 3.8) is 0 Å². The van der Waals surface area contributed by atoms with Gasteiger partial charge >= 0.3 is 0 Å². The minimum atomic E-state index is -0.439. The molecule has 0 saturated carbocycles. The minimum absolute atomic E-state index is 0.0156. The van der Waals surface area contributed by atoms with E-state index in [9.17, 15) is 14.9 Å². The van der Waals surface area contributed by atoms with E-state index in [1.54, 1.807) is 18.2 Å². The average molecular weight is 333 g/mol. The van der Waals surface area contributed by atoms with Crippen molar-refractivity contribution in [2.45, 2.75) is 0 Å². The van der Waals surface area contributed by atoms with Gasteiger partial charge in [0.2, 0.25) is 0 Å². The van der Waals surface area contributed by atoms with Crippen LogP contribution in [0.4, 0.5) is 5.69 Å². The summed E-state index contributed by atoms with van der Waals surface area (Å²) in [5, 5.41) is 10.9. The number of aromatic amines is 1. The molecule has 0 aliphatic heterocycles. The van der Waals surface area contributed by atoms with E-state index in [-0.39, 0.29) is 11.4 Å². The lowest BCUT2D eigenvalue weighted by molar-refractivity contribution is -0.384. The number of nitro groups is 1. The molecule has 0 aliphatic carbocycles. The average Bonchev–Trinajstić information content (AvgIpc) is 3.28. The van der Waals surface area contributed by atoms with Crippen LogP contribution in [0.25, 0.3) is 33.7 Å². The molecule has 4 aromatic rings. The van der Waals surface area contributed by atoms with Crippen molar-refractivity contribution >= 4 is 23.0 Å². The van der Waals surface area contributed by atoms with Crippen LogP contribution in [0.3, 0.4) is 0 Å². The Hall–Kier alpha value is -3.74. The Morgan fingerprint density at radius 3 is 2.48 bits per heavy atom. The Bertz CT molecular complexity index is 1090. The van der Waals surface area contributed by atoms with Gasteiger partial charge in [0, 0.05) is 23.3 Å². The number of nitrogens with zero attached hydrogens (tertiary/aromatic N) is 2. The number of aromatic nitrogens is 2. The second kappa shape index (κ2) is 5.72. The topological polar surface area (TPSA) is 102 Å². The summed E-state index contributed by atoms with van der Waals surface area (Å²) in [5.74, 6) is 1.50. The number of non-ortho nitro benzene ring substituents is 1. The fraction of sp³-hybridized carbons (Fsp3) is 0. The van der Waals surface area contributed by atoms with Crippen molar-refractivity contribution in [1.29, 1.82) is 0 Å². The fourth-order valence-electron chi connectivity index (χ4n) is 2.61. The minimum Gasteiger partial charge on any atom is -0.453 e. The van der Waals surface area contributed by atoms with Crippen LogP contribution in [0, 0.1) is 10.1 Å². The Labute approximate surface area is 141 Å². The van der Waals surface area contributed by atoms with Crippen molar-refractivity contribution in [2.24, 2.45) is 0 Å². The second-order valence-corrected chi connectivity index (χ2v) is 5.44. The van der Waals surface area contributed by atoms with Gasteiger partial charge in [0.1, 0.15) is 11.6 Å². The molecule has 7 nitrogen and oxygen atoms in total. The molecule has 0 atom stereocenters. The predicted octanol–water partition coefficient (Wildman–Crippen LogP) is 4.21. The van der Waals surface area contributed by atoms with E-state index in [2.05, 4.69) is 9.97 Å². The van der Waals surface area contributed by atoms with Crippen LogP contribution in [0.5, 0.6) is 0 Å². The number of fused-ring (bicyclic) bond motifs is 1. The number of rotatable bonds is 4. The summed E-state index contributed by atoms with van der Waals surface area (Å²) in [7, 11) is 0. The van der Waals surface area contributed by atoms with Gasteiger partial charge in [-0.2, -0.15) is 0 Å². The lowest BCUT2D eigenvalue weighted by Crippen LogP contribution is -1.86. The first kappa shape index (κ1) is 14.8. The summed E-state index contributed by atoms with van der Waals surface area (Å²) in [4.78, 5) is 28.7. The zero-order valence-corrected chi connectivity index (χ0v) is 12.8. The second-order valence-electron chi connectivity index (χ2n) is 5.44. The predicted molar refractivity (Wildman–Crippen MR) is 91.3 cm³/mol. The van der Waals surface area contributed by atoms with Crippen molar-refractivity contribution in [2.75, 3.05) is 0 Å². The van der Waals surface area contributed by atoms with Crippen LogP contribution in [0.1, 0.15) is 10.6 Å². The SMILES string of the molecule is O=Cc1ccc(-c2ccc(-c3nc4ccc([N+](=O)[O-])cc4[nH]3)cc2)o1. The maximum absolute atomic E-state index is 10.9. The zero-order valence-electron chi connectivity index (χ0n) is 12.8. The van der Waals surface area contributed by atoms with Gasteiger partial charge in [0.25, 0.3) is 5.69 Å². The quantitative estimate of drug-likeness (QED) is 0.342. The first-order valence-electron chi connectivity index (χ1n) is 7.44. The smallest absolute Gasteiger partial charge is 0.271 e. The van der Waals surface area contributed by atoms with Gasteiger partial charge in [0.05, 0.1) is 16.0 Å². The van der Waals surface area contributed by atoms with E-state index >= 15 is 0 Å². The molecule has 7 heteroatoms. The monoisotopic (exact) mass is 333 g/mol. The number of nitro benzene ring substituents is 1. The Balaban J connectivity index is 1.68. The van der Waals surface area contributed by atoms with Crippen molar-refractivity contribution in [3.05, 3.63) is 70.5 Å². The van der Waals surface area contributed by atoms with E-state index in [4.69, 9.17) is 4.42 Å². The Morgan fingerprint density at radius 2 is 1.80 bits per heavy atom. The first-order chi connectivity index (χ1) is 12.1. The van der Waals surface area contributed by atoms with Crippen LogP contribution in [0.15, 0.2) is 59.0 Å². The maximum Gasteiger partial charge on any atom is 0.271 e. The summed E-state index contributed by atoms with van der Waals surface area (Å²) in [6, 6.07) is 15.3. The summed E-state index contributed by atoms with van der Waals surface area (Å²) in [5.41, 5.74) is 2.96. The molecule has 1 N–H and O–H groups in total. The maximum atomic E-state index is 10.9. The molecule has 2 aromatic carbocycles. The highest BCUT2D eigenvalue weighted by atomic mass is 16.6. The van der Waals surface area contributed by atoms with Crippen LogP contribution in [-0.2, 0) is 0 Å². The third-order valence-electron chi connectivity index (χ3n) is 3.86. The number of carbonyl (C=O) groups is 1. The molecule has 0 amide bonds. The van der Waals surface area contributed by atoms with Gasteiger partial charge in [-0.25, -0.2) is 4.98 Å². The number of nitrogens with one attached hydrogen (secondary N) is 1. The summed E-state index contributed by atoms with van der Waals surface area (Å²) < 4.78 is 5.39. The van der Waals surface area contributed by atoms with Crippen LogP contribution < -0.4 is 0 Å². The van der Waals surface area contributed by atoms with E-state index in [0.29, 0.717) is 28.9 Å². The van der Waals surface area contributed by atoms with E-state index < -0.39 is 4.92 Å². The molecule has 122 valence electrons. The van der Waals surface area contributed by atoms with E-state index in [0.717, 1.165) is 11.1 Å². The van der Waals surface area contributed by atoms with Crippen molar-refractivity contribution < 1.29 is 14.1 Å². The fourth-order valence-corrected chi connectivity index (χ4v) is 2.61. The highest BCUT2D eigenvalue weighted by Gasteiger charge is 2.11. The van der Waals surface area contributed by atoms with Crippen LogP contribution in [0.2, 0.25) is 0 Å². The molecule has 4 rings (SSSR count). The molecular formula is C18H11N3O4. The third-order valence-corrected chi connectivity index (χ3v) is 3.86. The first-order valence-corrected chi connectivity index (χ1v) is 7.44. The lowest BCUT2D eigenvalue weighted by Gasteiger charge is -1.99.